The van der Waals surface area contributed by atoms with Gasteiger partial charge < -0.3 is 10.1 Å². The van der Waals surface area contributed by atoms with Gasteiger partial charge in [-0.15, -0.1) is 0 Å². The number of nitrogens with one attached hydrogen (secondary N) is 1. The van der Waals surface area contributed by atoms with Gasteiger partial charge in [0.05, 0.1) is 10.5 Å². The van der Waals surface area contributed by atoms with Crippen molar-refractivity contribution in [3.05, 3.63) is 29.6 Å². The number of benzene rings is 1. The summed E-state index contributed by atoms with van der Waals surface area (Å²) in [5.74, 6) is -2.70. The first-order chi connectivity index (χ1) is 10.3. The number of halogens is 1. The van der Waals surface area contributed by atoms with E-state index in [1.54, 1.807) is 20.8 Å². The molecule has 0 aliphatic rings. The van der Waals surface area contributed by atoms with Crippen molar-refractivity contribution in [1.29, 1.82) is 0 Å². The third kappa shape index (κ3) is 5.61. The number of hydrogen-bond acceptors (Lipinski definition) is 5. The van der Waals surface area contributed by atoms with Gasteiger partial charge in [0.1, 0.15) is 5.82 Å². The van der Waals surface area contributed by atoms with Crippen LogP contribution in [0.25, 0.3) is 0 Å². The Kier molecular flexibility index (Phi) is 5.49. The lowest BCUT2D eigenvalue weighted by Crippen LogP contribution is -2.46. The van der Waals surface area contributed by atoms with Crippen molar-refractivity contribution in [2.24, 2.45) is 5.14 Å². The summed E-state index contributed by atoms with van der Waals surface area (Å²) >= 11 is 0. The number of esters is 1. The molecule has 128 valence electrons. The Morgan fingerprint density at radius 1 is 1.30 bits per heavy atom. The third-order valence-electron chi connectivity index (χ3n) is 2.64. The zero-order valence-corrected chi connectivity index (χ0v) is 14.0. The highest BCUT2D eigenvalue weighted by atomic mass is 32.2. The number of sulfonamides is 1. The molecule has 0 heterocycles. The van der Waals surface area contributed by atoms with Crippen molar-refractivity contribution < 1.29 is 27.1 Å². The van der Waals surface area contributed by atoms with E-state index in [1.807, 2.05) is 0 Å². The summed E-state index contributed by atoms with van der Waals surface area (Å²) in [6, 6.07) is 2.48. The first kappa shape index (κ1) is 19.0. The fraction of sp³-hybridized carbons (Fsp3) is 0.429. The van der Waals surface area contributed by atoms with Gasteiger partial charge in [0.15, 0.2) is 6.10 Å². The zero-order valence-electron chi connectivity index (χ0n) is 13.2. The van der Waals surface area contributed by atoms with Gasteiger partial charge in [-0.3, -0.25) is 4.79 Å². The molecule has 0 spiro atoms. The summed E-state index contributed by atoms with van der Waals surface area (Å²) in [7, 11) is -4.10. The van der Waals surface area contributed by atoms with Gasteiger partial charge in [-0.05, 0) is 45.9 Å². The second-order valence-electron chi connectivity index (χ2n) is 5.97. The van der Waals surface area contributed by atoms with Crippen molar-refractivity contribution in [2.75, 3.05) is 0 Å². The van der Waals surface area contributed by atoms with E-state index < -0.39 is 49.8 Å². The molecule has 0 unspecified atom stereocenters. The maximum absolute atomic E-state index is 13.7. The minimum absolute atomic E-state index is 0.433. The van der Waals surface area contributed by atoms with E-state index in [2.05, 4.69) is 5.32 Å². The van der Waals surface area contributed by atoms with Crippen LogP contribution in [-0.2, 0) is 19.6 Å². The van der Waals surface area contributed by atoms with E-state index in [9.17, 15) is 22.4 Å². The van der Waals surface area contributed by atoms with Crippen molar-refractivity contribution in [2.45, 2.75) is 44.2 Å². The molecule has 0 aliphatic carbocycles. The Morgan fingerprint density at radius 2 is 1.87 bits per heavy atom. The second kappa shape index (κ2) is 6.63. The van der Waals surface area contributed by atoms with Gasteiger partial charge in [0, 0.05) is 5.54 Å². The Morgan fingerprint density at radius 3 is 2.35 bits per heavy atom. The van der Waals surface area contributed by atoms with Crippen LogP contribution < -0.4 is 10.5 Å². The number of carbonyl (C=O) groups is 2. The fourth-order valence-corrected chi connectivity index (χ4v) is 2.13. The van der Waals surface area contributed by atoms with Gasteiger partial charge in [-0.1, -0.05) is 0 Å². The third-order valence-corrected chi connectivity index (χ3v) is 3.55. The maximum atomic E-state index is 13.7. The van der Waals surface area contributed by atoms with Gasteiger partial charge in [0.25, 0.3) is 5.91 Å². The van der Waals surface area contributed by atoms with Crippen molar-refractivity contribution in [3.63, 3.8) is 0 Å². The Bertz CT molecular complexity index is 725. The van der Waals surface area contributed by atoms with Crippen LogP contribution in [0.15, 0.2) is 23.1 Å². The number of rotatable bonds is 4. The molecule has 1 aromatic carbocycles. The standard InChI is InChI=1S/C14H19FN2O5S/c1-8(12(18)17-14(2,3)4)22-13(19)10-7-9(23(16,20)21)5-6-11(10)15/h5-8H,1-4H3,(H,17,18)(H2,16,20,21)/t8-/m0/s1. The first-order valence-corrected chi connectivity index (χ1v) is 8.21. The highest BCUT2D eigenvalue weighted by Crippen LogP contribution is 2.16. The molecule has 7 nitrogen and oxygen atoms in total. The number of ether oxygens (including phenoxy) is 1. The summed E-state index contributed by atoms with van der Waals surface area (Å²) in [6.45, 7) is 6.55. The molecule has 0 aliphatic heterocycles. The minimum atomic E-state index is -4.10. The molecule has 1 rings (SSSR count). The summed E-state index contributed by atoms with van der Waals surface area (Å²) in [5.41, 5.74) is -1.15. The molecule has 23 heavy (non-hydrogen) atoms. The van der Waals surface area contributed by atoms with Crippen molar-refractivity contribution in [3.8, 4) is 0 Å². The van der Waals surface area contributed by atoms with E-state index >= 15 is 0 Å². The molecule has 1 atom stereocenters. The fourth-order valence-electron chi connectivity index (χ4n) is 1.59. The van der Waals surface area contributed by atoms with E-state index in [-0.39, 0.29) is 0 Å². The van der Waals surface area contributed by atoms with Crippen LogP contribution in [0.4, 0.5) is 4.39 Å². The average Bonchev–Trinajstić information content (AvgIpc) is 2.35. The van der Waals surface area contributed by atoms with Crippen LogP contribution in [-0.4, -0.2) is 31.9 Å². The second-order valence-corrected chi connectivity index (χ2v) is 7.53. The van der Waals surface area contributed by atoms with Crippen LogP contribution in [0, 0.1) is 5.82 Å². The smallest absolute Gasteiger partial charge is 0.341 e. The molecule has 0 bridgehead atoms. The summed E-state index contributed by atoms with van der Waals surface area (Å²) in [5, 5.41) is 7.53. The maximum Gasteiger partial charge on any atom is 0.341 e. The number of carbonyl (C=O) groups excluding carboxylic acids is 2. The first-order valence-electron chi connectivity index (χ1n) is 6.66. The Labute approximate surface area is 134 Å². The summed E-state index contributed by atoms with van der Waals surface area (Å²) in [6.07, 6.45) is -1.18. The van der Waals surface area contributed by atoms with Crippen LogP contribution in [0.3, 0.4) is 0 Å². The largest absolute Gasteiger partial charge is 0.449 e. The summed E-state index contributed by atoms with van der Waals surface area (Å²) in [4.78, 5) is 23.4. The van der Waals surface area contributed by atoms with Crippen LogP contribution in [0.1, 0.15) is 38.1 Å². The van der Waals surface area contributed by atoms with Gasteiger partial charge in [0.2, 0.25) is 10.0 Å². The molecule has 0 saturated heterocycles. The van der Waals surface area contributed by atoms with E-state index in [4.69, 9.17) is 9.88 Å². The molecule has 0 fully saturated rings. The number of hydrogen-bond donors (Lipinski definition) is 2. The molecule has 0 radical (unpaired) electrons. The van der Waals surface area contributed by atoms with Gasteiger partial charge in [-0.2, -0.15) is 0 Å². The quantitative estimate of drug-likeness (QED) is 0.787. The van der Waals surface area contributed by atoms with Crippen LogP contribution >= 0.6 is 0 Å². The van der Waals surface area contributed by atoms with Gasteiger partial charge in [-0.25, -0.2) is 22.7 Å². The predicted molar refractivity (Wildman–Crippen MR) is 80.5 cm³/mol. The van der Waals surface area contributed by atoms with Crippen LogP contribution in [0.2, 0.25) is 0 Å². The van der Waals surface area contributed by atoms with E-state index in [0.717, 1.165) is 18.2 Å². The number of primary sulfonamides is 1. The molecular weight excluding hydrogens is 327 g/mol. The van der Waals surface area contributed by atoms with Gasteiger partial charge >= 0.3 is 5.97 Å². The minimum Gasteiger partial charge on any atom is -0.449 e. The van der Waals surface area contributed by atoms with E-state index in [0.29, 0.717) is 0 Å². The normalized spacial score (nSPS) is 13.3. The molecular formula is C14H19FN2O5S. The Hall–Kier alpha value is -2.00. The Balaban J connectivity index is 2.96. The predicted octanol–water partition coefficient (Wildman–Crippen LogP) is 0.933. The topological polar surface area (TPSA) is 116 Å². The average molecular weight is 346 g/mol. The molecule has 0 saturated carbocycles. The zero-order chi connectivity index (χ0) is 18.0. The molecule has 0 aromatic heterocycles. The molecule has 3 N–H and O–H groups in total. The molecule has 1 amide bonds. The molecule has 9 heteroatoms. The van der Waals surface area contributed by atoms with Crippen molar-refractivity contribution in [1.82, 2.24) is 5.32 Å². The lowest BCUT2D eigenvalue weighted by atomic mass is 10.1. The lowest BCUT2D eigenvalue weighted by Gasteiger charge is -2.23. The SMILES string of the molecule is C[C@H](OC(=O)c1cc(S(N)(=O)=O)ccc1F)C(=O)NC(C)(C)C. The highest BCUT2D eigenvalue weighted by molar-refractivity contribution is 7.89. The molecule has 1 aromatic rings. The highest BCUT2D eigenvalue weighted by Gasteiger charge is 2.25. The summed E-state index contributed by atoms with van der Waals surface area (Å²) < 4.78 is 41.1. The van der Waals surface area contributed by atoms with Crippen LogP contribution in [0.5, 0.6) is 0 Å². The lowest BCUT2D eigenvalue weighted by molar-refractivity contribution is -0.130. The van der Waals surface area contributed by atoms with Crippen molar-refractivity contribution >= 4 is 21.9 Å². The number of amides is 1. The monoisotopic (exact) mass is 346 g/mol. The van der Waals surface area contributed by atoms with E-state index in [1.165, 1.54) is 6.92 Å². The number of nitrogens with two attached hydrogens (primary N) is 1.